The summed E-state index contributed by atoms with van der Waals surface area (Å²) in [5.41, 5.74) is 6.05. The van der Waals surface area contributed by atoms with Crippen molar-refractivity contribution in [3.8, 4) is 0 Å². The predicted octanol–water partition coefficient (Wildman–Crippen LogP) is 2.56. The fourth-order valence-electron chi connectivity index (χ4n) is 4.15. The average molecular weight is 281 g/mol. The van der Waals surface area contributed by atoms with Gasteiger partial charge in [-0.15, -0.1) is 0 Å². The molecular formula is C17H35N3. The van der Waals surface area contributed by atoms with Gasteiger partial charge in [0.05, 0.1) is 0 Å². The standard InChI is InChI=1S/C17H35N3/c1-4-14(3)19-8-10-20(11-9-19)17-12-15(5-2)6-7-16(17)13-18/h14-17H,4-13,18H2,1-3H3. The fourth-order valence-corrected chi connectivity index (χ4v) is 4.15. The molecule has 0 aromatic heterocycles. The van der Waals surface area contributed by atoms with Crippen LogP contribution in [0.5, 0.6) is 0 Å². The first-order valence-electron chi connectivity index (χ1n) is 8.87. The van der Waals surface area contributed by atoms with Crippen molar-refractivity contribution in [3.05, 3.63) is 0 Å². The molecule has 0 radical (unpaired) electrons. The molecule has 0 aromatic rings. The van der Waals surface area contributed by atoms with Gasteiger partial charge >= 0.3 is 0 Å². The molecular weight excluding hydrogens is 246 g/mol. The molecule has 4 unspecified atom stereocenters. The van der Waals surface area contributed by atoms with Crippen LogP contribution in [0.1, 0.15) is 52.9 Å². The van der Waals surface area contributed by atoms with Gasteiger partial charge in [0.25, 0.3) is 0 Å². The topological polar surface area (TPSA) is 32.5 Å². The highest BCUT2D eigenvalue weighted by atomic mass is 15.3. The Kier molecular flexibility index (Phi) is 6.31. The Morgan fingerprint density at radius 2 is 1.80 bits per heavy atom. The number of nitrogens with zero attached hydrogens (tertiary/aromatic N) is 2. The summed E-state index contributed by atoms with van der Waals surface area (Å²) < 4.78 is 0. The molecule has 1 aliphatic heterocycles. The van der Waals surface area contributed by atoms with Crippen LogP contribution in [-0.4, -0.2) is 54.6 Å². The lowest BCUT2D eigenvalue weighted by Gasteiger charge is -2.46. The zero-order valence-corrected chi connectivity index (χ0v) is 13.9. The van der Waals surface area contributed by atoms with Crippen LogP contribution in [0.15, 0.2) is 0 Å². The molecule has 0 aromatic carbocycles. The number of hydrogen-bond donors (Lipinski definition) is 1. The van der Waals surface area contributed by atoms with Crippen LogP contribution in [0.25, 0.3) is 0 Å². The Labute approximate surface area is 125 Å². The summed E-state index contributed by atoms with van der Waals surface area (Å²) in [7, 11) is 0. The minimum atomic E-state index is 0.743. The molecule has 118 valence electrons. The Bertz CT molecular complexity index is 273. The monoisotopic (exact) mass is 281 g/mol. The molecule has 2 N–H and O–H groups in total. The smallest absolute Gasteiger partial charge is 0.0139 e. The molecule has 2 fully saturated rings. The van der Waals surface area contributed by atoms with E-state index in [1.54, 1.807) is 0 Å². The largest absolute Gasteiger partial charge is 0.330 e. The van der Waals surface area contributed by atoms with E-state index in [1.165, 1.54) is 58.3 Å². The normalized spacial score (nSPS) is 35.1. The third-order valence-corrected chi connectivity index (χ3v) is 5.98. The molecule has 0 amide bonds. The van der Waals surface area contributed by atoms with Gasteiger partial charge in [0, 0.05) is 38.3 Å². The molecule has 20 heavy (non-hydrogen) atoms. The number of piperazine rings is 1. The van der Waals surface area contributed by atoms with Gasteiger partial charge < -0.3 is 5.73 Å². The van der Waals surface area contributed by atoms with Crippen molar-refractivity contribution in [2.75, 3.05) is 32.7 Å². The second kappa shape index (κ2) is 7.77. The van der Waals surface area contributed by atoms with Crippen LogP contribution in [0, 0.1) is 11.8 Å². The van der Waals surface area contributed by atoms with Crippen LogP contribution in [0.3, 0.4) is 0 Å². The maximum atomic E-state index is 6.05. The van der Waals surface area contributed by atoms with E-state index in [2.05, 4.69) is 30.6 Å². The highest BCUT2D eigenvalue weighted by Crippen LogP contribution is 2.34. The minimum Gasteiger partial charge on any atom is -0.330 e. The lowest BCUT2D eigenvalue weighted by Crippen LogP contribution is -2.56. The lowest BCUT2D eigenvalue weighted by atomic mass is 9.76. The van der Waals surface area contributed by atoms with Gasteiger partial charge in [-0.2, -0.15) is 0 Å². The number of nitrogens with two attached hydrogens (primary N) is 1. The SMILES string of the molecule is CCC1CCC(CN)C(N2CCN(C(C)CC)CC2)C1. The van der Waals surface area contributed by atoms with Crippen molar-refractivity contribution in [3.63, 3.8) is 0 Å². The van der Waals surface area contributed by atoms with Crippen LogP contribution in [0.4, 0.5) is 0 Å². The summed E-state index contributed by atoms with van der Waals surface area (Å²) in [5.74, 6) is 1.68. The number of hydrogen-bond acceptors (Lipinski definition) is 3. The summed E-state index contributed by atoms with van der Waals surface area (Å²) in [6, 6.07) is 1.51. The Morgan fingerprint density at radius 3 is 2.35 bits per heavy atom. The summed E-state index contributed by atoms with van der Waals surface area (Å²) in [4.78, 5) is 5.42. The predicted molar refractivity (Wildman–Crippen MR) is 86.9 cm³/mol. The summed E-state index contributed by atoms with van der Waals surface area (Å²) in [6.45, 7) is 12.9. The van der Waals surface area contributed by atoms with Crippen molar-refractivity contribution in [1.82, 2.24) is 9.80 Å². The van der Waals surface area contributed by atoms with E-state index in [9.17, 15) is 0 Å². The molecule has 1 aliphatic carbocycles. The Balaban J connectivity index is 1.90. The zero-order valence-electron chi connectivity index (χ0n) is 13.9. The van der Waals surface area contributed by atoms with E-state index in [1.807, 2.05) is 0 Å². The van der Waals surface area contributed by atoms with E-state index >= 15 is 0 Å². The average Bonchev–Trinajstić information content (AvgIpc) is 2.53. The highest BCUT2D eigenvalue weighted by Gasteiger charge is 2.34. The Morgan fingerprint density at radius 1 is 1.10 bits per heavy atom. The van der Waals surface area contributed by atoms with Gasteiger partial charge in [-0.3, -0.25) is 9.80 Å². The highest BCUT2D eigenvalue weighted by molar-refractivity contribution is 4.89. The molecule has 3 heteroatoms. The van der Waals surface area contributed by atoms with E-state index < -0.39 is 0 Å². The fraction of sp³-hybridized carbons (Fsp3) is 1.00. The molecule has 3 nitrogen and oxygen atoms in total. The van der Waals surface area contributed by atoms with Gasteiger partial charge in [-0.05, 0) is 44.6 Å². The van der Waals surface area contributed by atoms with Gasteiger partial charge in [0.15, 0.2) is 0 Å². The van der Waals surface area contributed by atoms with Gasteiger partial charge in [-0.1, -0.05) is 26.7 Å². The summed E-state index contributed by atoms with van der Waals surface area (Å²) in [6.07, 6.45) is 6.77. The summed E-state index contributed by atoms with van der Waals surface area (Å²) >= 11 is 0. The third-order valence-electron chi connectivity index (χ3n) is 5.98. The van der Waals surface area contributed by atoms with Crippen molar-refractivity contribution >= 4 is 0 Å². The first kappa shape index (κ1) is 16.3. The van der Waals surface area contributed by atoms with Crippen LogP contribution in [-0.2, 0) is 0 Å². The van der Waals surface area contributed by atoms with Crippen LogP contribution < -0.4 is 5.73 Å². The summed E-state index contributed by atoms with van der Waals surface area (Å²) in [5, 5.41) is 0. The first-order valence-corrected chi connectivity index (χ1v) is 8.87. The quantitative estimate of drug-likeness (QED) is 0.840. The molecule has 0 spiro atoms. The number of rotatable bonds is 5. The van der Waals surface area contributed by atoms with E-state index in [4.69, 9.17) is 5.73 Å². The van der Waals surface area contributed by atoms with Gasteiger partial charge in [-0.25, -0.2) is 0 Å². The Hall–Kier alpha value is -0.120. The molecule has 2 aliphatic rings. The molecule has 0 bridgehead atoms. The minimum absolute atomic E-state index is 0.743. The second-order valence-corrected chi connectivity index (χ2v) is 6.98. The maximum absolute atomic E-state index is 6.05. The van der Waals surface area contributed by atoms with Crippen molar-refractivity contribution in [2.45, 2.75) is 65.0 Å². The zero-order chi connectivity index (χ0) is 14.5. The molecule has 1 saturated heterocycles. The second-order valence-electron chi connectivity index (χ2n) is 6.98. The van der Waals surface area contributed by atoms with Crippen molar-refractivity contribution in [1.29, 1.82) is 0 Å². The lowest BCUT2D eigenvalue weighted by molar-refractivity contribution is 0.0252. The van der Waals surface area contributed by atoms with Crippen molar-refractivity contribution < 1.29 is 0 Å². The third kappa shape index (κ3) is 3.75. The first-order chi connectivity index (χ1) is 9.69. The van der Waals surface area contributed by atoms with E-state index in [0.717, 1.165) is 30.5 Å². The van der Waals surface area contributed by atoms with Crippen LogP contribution >= 0.6 is 0 Å². The molecule has 1 saturated carbocycles. The molecule has 4 atom stereocenters. The van der Waals surface area contributed by atoms with Gasteiger partial charge in [0.1, 0.15) is 0 Å². The van der Waals surface area contributed by atoms with Gasteiger partial charge in [0.2, 0.25) is 0 Å². The maximum Gasteiger partial charge on any atom is 0.0139 e. The van der Waals surface area contributed by atoms with Crippen molar-refractivity contribution in [2.24, 2.45) is 17.6 Å². The van der Waals surface area contributed by atoms with E-state index in [0.29, 0.717) is 0 Å². The molecule has 2 rings (SSSR count). The molecule has 1 heterocycles. The van der Waals surface area contributed by atoms with E-state index in [-0.39, 0.29) is 0 Å². The van der Waals surface area contributed by atoms with Crippen LogP contribution in [0.2, 0.25) is 0 Å².